The van der Waals surface area contributed by atoms with Crippen molar-refractivity contribution < 1.29 is 33.4 Å². The van der Waals surface area contributed by atoms with Crippen LogP contribution in [0.1, 0.15) is 21.5 Å². The highest BCUT2D eigenvalue weighted by atomic mass is 16.6. The molecule has 1 atom stereocenters. The maximum absolute atomic E-state index is 12.9. The third kappa shape index (κ3) is 5.80. The molecule has 0 bridgehead atoms. The standard InChI is InChI=1S/C23H25BN2O7/c27-21(13-16-5-1-2-7-19(16)23(28)26-9-11-31-12-10-26)25-22(33-24(29)30)14-17-15-32-20-8-4-3-6-18(17)20/h1-8,15,22,29-30H,9-14H2,(H,25,27)/t22-/m1/s1. The average molecular weight is 452 g/mol. The van der Waals surface area contributed by atoms with E-state index in [9.17, 15) is 19.6 Å². The normalized spacial score (nSPS) is 14.8. The number of fused-ring (bicyclic) bond motifs is 1. The molecule has 3 aromatic rings. The van der Waals surface area contributed by atoms with Gasteiger partial charge in [-0.3, -0.25) is 9.59 Å². The van der Waals surface area contributed by atoms with E-state index in [1.54, 1.807) is 35.4 Å². The number of ether oxygens (including phenoxy) is 1. The van der Waals surface area contributed by atoms with Crippen molar-refractivity contribution in [2.45, 2.75) is 19.1 Å². The van der Waals surface area contributed by atoms with Crippen molar-refractivity contribution in [3.8, 4) is 0 Å². The fourth-order valence-corrected chi connectivity index (χ4v) is 3.89. The summed E-state index contributed by atoms with van der Waals surface area (Å²) in [6, 6.07) is 14.3. The quantitative estimate of drug-likeness (QED) is 0.346. The fourth-order valence-electron chi connectivity index (χ4n) is 3.89. The van der Waals surface area contributed by atoms with Crippen molar-refractivity contribution in [1.29, 1.82) is 0 Å². The molecule has 33 heavy (non-hydrogen) atoms. The van der Waals surface area contributed by atoms with Crippen molar-refractivity contribution in [3.63, 3.8) is 0 Å². The minimum atomic E-state index is -2.07. The van der Waals surface area contributed by atoms with Crippen LogP contribution < -0.4 is 5.32 Å². The van der Waals surface area contributed by atoms with Crippen LogP contribution in [0.3, 0.4) is 0 Å². The van der Waals surface area contributed by atoms with Gasteiger partial charge in [-0.05, 0) is 17.7 Å². The summed E-state index contributed by atoms with van der Waals surface area (Å²) in [5.74, 6) is -0.569. The van der Waals surface area contributed by atoms with Crippen LogP contribution in [0.4, 0.5) is 0 Å². The topological polar surface area (TPSA) is 121 Å². The second kappa shape index (κ2) is 10.6. The summed E-state index contributed by atoms with van der Waals surface area (Å²) in [6.45, 7) is 1.98. The molecule has 0 unspecified atom stereocenters. The first-order valence-corrected chi connectivity index (χ1v) is 10.7. The van der Waals surface area contributed by atoms with Crippen LogP contribution in [-0.2, 0) is 27.0 Å². The molecule has 1 fully saturated rings. The monoisotopic (exact) mass is 452 g/mol. The van der Waals surface area contributed by atoms with Gasteiger partial charge in [-0.2, -0.15) is 0 Å². The molecule has 0 spiro atoms. The molecule has 0 aliphatic carbocycles. The Morgan fingerprint density at radius 2 is 1.79 bits per heavy atom. The van der Waals surface area contributed by atoms with E-state index in [0.717, 1.165) is 10.9 Å². The molecule has 2 heterocycles. The number of morpholine rings is 1. The number of rotatable bonds is 8. The second-order valence-electron chi connectivity index (χ2n) is 7.72. The number of carbonyl (C=O) groups excluding carboxylic acids is 2. The molecule has 1 saturated heterocycles. The van der Waals surface area contributed by atoms with E-state index in [0.29, 0.717) is 43.0 Å². The van der Waals surface area contributed by atoms with Crippen LogP contribution in [0.15, 0.2) is 59.2 Å². The van der Waals surface area contributed by atoms with Gasteiger partial charge < -0.3 is 34.1 Å². The lowest BCUT2D eigenvalue weighted by Crippen LogP contribution is -2.43. The Kier molecular flexibility index (Phi) is 7.41. The lowest BCUT2D eigenvalue weighted by molar-refractivity contribution is -0.123. The zero-order valence-corrected chi connectivity index (χ0v) is 18.0. The Hall–Kier alpha value is -3.18. The van der Waals surface area contributed by atoms with Crippen molar-refractivity contribution in [2.24, 2.45) is 0 Å². The highest BCUT2D eigenvalue weighted by molar-refractivity contribution is 6.32. The Morgan fingerprint density at radius 3 is 2.58 bits per heavy atom. The lowest BCUT2D eigenvalue weighted by atomic mass is 10.0. The number of nitrogens with one attached hydrogen (secondary N) is 1. The van der Waals surface area contributed by atoms with E-state index in [1.807, 2.05) is 24.3 Å². The van der Waals surface area contributed by atoms with Gasteiger partial charge in [0.15, 0.2) is 0 Å². The summed E-state index contributed by atoms with van der Waals surface area (Å²) in [5, 5.41) is 22.2. The summed E-state index contributed by atoms with van der Waals surface area (Å²) in [6.07, 6.45) is 0.627. The van der Waals surface area contributed by atoms with Gasteiger partial charge in [-0.25, -0.2) is 0 Å². The summed E-state index contributed by atoms with van der Waals surface area (Å²) >= 11 is 0. The zero-order valence-electron chi connectivity index (χ0n) is 18.0. The van der Waals surface area contributed by atoms with E-state index in [2.05, 4.69) is 5.32 Å². The maximum Gasteiger partial charge on any atom is 0.635 e. The van der Waals surface area contributed by atoms with Crippen LogP contribution >= 0.6 is 0 Å². The molecule has 0 saturated carbocycles. The molecule has 2 amide bonds. The second-order valence-corrected chi connectivity index (χ2v) is 7.72. The number of hydrogen-bond donors (Lipinski definition) is 3. The molecule has 1 aromatic heterocycles. The first kappa shape index (κ1) is 23.0. The predicted octanol–water partition coefficient (Wildman–Crippen LogP) is 1.12. The largest absolute Gasteiger partial charge is 0.635 e. The van der Waals surface area contributed by atoms with Crippen LogP contribution in [0.5, 0.6) is 0 Å². The summed E-state index contributed by atoms with van der Waals surface area (Å²) in [4.78, 5) is 27.5. The molecule has 172 valence electrons. The minimum Gasteiger partial charge on any atom is -0.464 e. The molecule has 0 radical (unpaired) electrons. The third-order valence-corrected chi connectivity index (χ3v) is 5.47. The number of carbonyl (C=O) groups is 2. The summed E-state index contributed by atoms with van der Waals surface area (Å²) < 4.78 is 15.9. The molecule has 1 aliphatic rings. The first-order chi connectivity index (χ1) is 16.0. The average Bonchev–Trinajstić information content (AvgIpc) is 3.22. The molecule has 10 heteroatoms. The number of nitrogens with zero attached hydrogens (tertiary/aromatic N) is 1. The van der Waals surface area contributed by atoms with Crippen molar-refractivity contribution in [1.82, 2.24) is 10.2 Å². The van der Waals surface area contributed by atoms with Gasteiger partial charge in [-0.1, -0.05) is 36.4 Å². The highest BCUT2D eigenvalue weighted by Crippen LogP contribution is 2.22. The molecule has 2 aromatic carbocycles. The summed E-state index contributed by atoms with van der Waals surface area (Å²) in [7, 11) is -2.07. The number of para-hydroxylation sites is 1. The van der Waals surface area contributed by atoms with Gasteiger partial charge in [-0.15, -0.1) is 0 Å². The van der Waals surface area contributed by atoms with E-state index < -0.39 is 19.5 Å². The van der Waals surface area contributed by atoms with Gasteiger partial charge in [0.25, 0.3) is 5.91 Å². The minimum absolute atomic E-state index is 0.0697. The Labute approximate surface area is 191 Å². The predicted molar refractivity (Wildman–Crippen MR) is 120 cm³/mol. The number of benzene rings is 2. The van der Waals surface area contributed by atoms with E-state index in [4.69, 9.17) is 13.8 Å². The lowest BCUT2D eigenvalue weighted by Gasteiger charge is -2.27. The Bertz CT molecular complexity index is 1110. The van der Waals surface area contributed by atoms with Gasteiger partial charge in [0.05, 0.1) is 25.9 Å². The smallest absolute Gasteiger partial charge is 0.464 e. The first-order valence-electron chi connectivity index (χ1n) is 10.7. The number of amides is 2. The Morgan fingerprint density at radius 1 is 1.06 bits per heavy atom. The van der Waals surface area contributed by atoms with Crippen LogP contribution in [-0.4, -0.2) is 66.6 Å². The molecular weight excluding hydrogens is 427 g/mol. The van der Waals surface area contributed by atoms with Gasteiger partial charge in [0.1, 0.15) is 11.8 Å². The molecule has 4 rings (SSSR count). The van der Waals surface area contributed by atoms with Gasteiger partial charge in [0.2, 0.25) is 5.91 Å². The van der Waals surface area contributed by atoms with Crippen molar-refractivity contribution >= 4 is 30.1 Å². The van der Waals surface area contributed by atoms with Crippen LogP contribution in [0.2, 0.25) is 0 Å². The van der Waals surface area contributed by atoms with Gasteiger partial charge in [0, 0.05) is 36.0 Å². The molecular formula is C23H25BN2O7. The zero-order chi connectivity index (χ0) is 23.2. The third-order valence-electron chi connectivity index (χ3n) is 5.47. The number of furan rings is 1. The van der Waals surface area contributed by atoms with Crippen LogP contribution in [0, 0.1) is 0 Å². The molecule has 3 N–H and O–H groups in total. The highest BCUT2D eigenvalue weighted by Gasteiger charge is 2.24. The van der Waals surface area contributed by atoms with Crippen molar-refractivity contribution in [3.05, 3.63) is 71.5 Å². The van der Waals surface area contributed by atoms with E-state index >= 15 is 0 Å². The fraction of sp³-hybridized carbons (Fsp3) is 0.304. The Balaban J connectivity index is 1.46. The molecule has 1 aliphatic heterocycles. The van der Waals surface area contributed by atoms with Gasteiger partial charge >= 0.3 is 7.32 Å². The molecule has 9 nitrogen and oxygen atoms in total. The summed E-state index contributed by atoms with van der Waals surface area (Å²) in [5.41, 5.74) is 2.45. The number of hydrogen-bond acceptors (Lipinski definition) is 7. The van der Waals surface area contributed by atoms with Crippen LogP contribution in [0.25, 0.3) is 11.0 Å². The van der Waals surface area contributed by atoms with E-state index in [-0.39, 0.29) is 18.7 Å². The van der Waals surface area contributed by atoms with E-state index in [1.165, 1.54) is 0 Å². The SMILES string of the molecule is O=C(Cc1ccccc1C(=O)N1CCOCC1)N[C@@H](Cc1coc2ccccc12)OB(O)O. The van der Waals surface area contributed by atoms with Crippen molar-refractivity contribution in [2.75, 3.05) is 26.3 Å². The maximum atomic E-state index is 12.9.